The third-order valence-electron chi connectivity index (χ3n) is 2.74. The first-order valence-electron chi connectivity index (χ1n) is 6.43. The van der Waals surface area contributed by atoms with Crippen LogP contribution < -0.4 is 10.1 Å². The first-order chi connectivity index (χ1) is 9.79. The Labute approximate surface area is 117 Å². The fourth-order valence-electron chi connectivity index (χ4n) is 1.68. The van der Waals surface area contributed by atoms with E-state index in [4.69, 9.17) is 9.84 Å². The summed E-state index contributed by atoms with van der Waals surface area (Å²) >= 11 is 0. The number of anilines is 1. The van der Waals surface area contributed by atoms with Gasteiger partial charge in [-0.15, -0.1) is 0 Å². The molecule has 0 radical (unpaired) electrons. The molecule has 5 heteroatoms. The molecule has 1 aromatic heterocycles. The molecule has 0 saturated carbocycles. The molecule has 0 amide bonds. The van der Waals surface area contributed by atoms with E-state index in [1.807, 2.05) is 36.4 Å². The molecular formula is C15H18N2O3. The molecule has 0 bridgehead atoms. The lowest BCUT2D eigenvalue weighted by Gasteiger charge is -2.14. The average molecular weight is 274 g/mol. The van der Waals surface area contributed by atoms with Gasteiger partial charge in [0.1, 0.15) is 12.4 Å². The molecule has 0 fully saturated rings. The largest absolute Gasteiger partial charge is 0.487 e. The van der Waals surface area contributed by atoms with E-state index in [0.717, 1.165) is 11.3 Å². The number of aliphatic hydroxyl groups excluding tert-OH is 2. The Morgan fingerprint density at radius 1 is 1.20 bits per heavy atom. The molecule has 1 heterocycles. The highest BCUT2D eigenvalue weighted by Gasteiger charge is 2.06. The summed E-state index contributed by atoms with van der Waals surface area (Å²) in [4.78, 5) is 4.03. The fraction of sp³-hybridized carbons (Fsp3) is 0.267. The van der Waals surface area contributed by atoms with Crippen molar-refractivity contribution in [1.29, 1.82) is 0 Å². The van der Waals surface area contributed by atoms with Crippen molar-refractivity contribution in [2.24, 2.45) is 0 Å². The number of benzene rings is 1. The van der Waals surface area contributed by atoms with Crippen molar-refractivity contribution in [1.82, 2.24) is 4.98 Å². The van der Waals surface area contributed by atoms with Crippen LogP contribution in [0.1, 0.15) is 5.56 Å². The second kappa shape index (κ2) is 7.47. The molecule has 106 valence electrons. The van der Waals surface area contributed by atoms with Crippen LogP contribution in [0, 0.1) is 0 Å². The lowest BCUT2D eigenvalue weighted by Crippen LogP contribution is -2.23. The van der Waals surface area contributed by atoms with Crippen molar-refractivity contribution >= 4 is 5.69 Å². The minimum atomic E-state index is -0.790. The summed E-state index contributed by atoms with van der Waals surface area (Å²) in [5, 5.41) is 21.2. The van der Waals surface area contributed by atoms with E-state index in [-0.39, 0.29) is 13.2 Å². The van der Waals surface area contributed by atoms with Gasteiger partial charge in [-0.05, 0) is 18.2 Å². The van der Waals surface area contributed by atoms with Gasteiger partial charge in [0.15, 0.2) is 0 Å². The summed E-state index contributed by atoms with van der Waals surface area (Å²) < 4.78 is 5.74. The minimum absolute atomic E-state index is 0.268. The van der Waals surface area contributed by atoms with Gasteiger partial charge in [-0.25, -0.2) is 0 Å². The minimum Gasteiger partial charge on any atom is -0.487 e. The number of aliphatic hydroxyl groups is 2. The molecule has 1 atom stereocenters. The lowest BCUT2D eigenvalue weighted by atomic mass is 10.2. The molecule has 0 spiro atoms. The van der Waals surface area contributed by atoms with Crippen molar-refractivity contribution in [3.63, 3.8) is 0 Å². The molecule has 0 aliphatic heterocycles. The maximum absolute atomic E-state index is 9.36. The number of ether oxygens (including phenoxy) is 1. The van der Waals surface area contributed by atoms with Gasteiger partial charge in [0, 0.05) is 24.5 Å². The van der Waals surface area contributed by atoms with Crippen LogP contribution >= 0.6 is 0 Å². The Bertz CT molecular complexity index is 520. The Morgan fingerprint density at radius 3 is 2.80 bits per heavy atom. The quantitative estimate of drug-likeness (QED) is 0.712. The Hall–Kier alpha value is -2.11. The number of nitrogens with one attached hydrogen (secondary N) is 1. The average Bonchev–Trinajstić information content (AvgIpc) is 2.52. The molecule has 2 aromatic rings. The van der Waals surface area contributed by atoms with E-state index in [0.29, 0.717) is 12.4 Å². The molecular weight excluding hydrogens is 256 g/mol. The highest BCUT2D eigenvalue weighted by Crippen LogP contribution is 2.24. The van der Waals surface area contributed by atoms with Gasteiger partial charge in [0.2, 0.25) is 0 Å². The number of nitrogens with zero attached hydrogens (tertiary/aromatic N) is 1. The van der Waals surface area contributed by atoms with Crippen LogP contribution in [-0.4, -0.2) is 34.5 Å². The number of pyridine rings is 1. The van der Waals surface area contributed by atoms with E-state index >= 15 is 0 Å². The summed E-state index contributed by atoms with van der Waals surface area (Å²) in [6, 6.07) is 11.3. The Kier molecular flexibility index (Phi) is 5.34. The topological polar surface area (TPSA) is 74.6 Å². The number of aromatic nitrogens is 1. The molecule has 0 aliphatic carbocycles. The SMILES string of the molecule is OCC(O)CNc1ccccc1OCc1cccnc1. The maximum Gasteiger partial charge on any atom is 0.142 e. The Balaban J connectivity index is 1.97. The molecule has 2 rings (SSSR count). The van der Waals surface area contributed by atoms with Crippen LogP contribution in [0.5, 0.6) is 5.75 Å². The second-order valence-corrected chi connectivity index (χ2v) is 4.36. The lowest BCUT2D eigenvalue weighted by molar-refractivity contribution is 0.105. The van der Waals surface area contributed by atoms with Crippen molar-refractivity contribution in [3.8, 4) is 5.75 Å². The predicted molar refractivity (Wildman–Crippen MR) is 76.6 cm³/mol. The van der Waals surface area contributed by atoms with Gasteiger partial charge in [0.05, 0.1) is 18.4 Å². The summed E-state index contributed by atoms with van der Waals surface area (Å²) in [5.41, 5.74) is 1.77. The van der Waals surface area contributed by atoms with Crippen molar-refractivity contribution < 1.29 is 14.9 Å². The van der Waals surface area contributed by atoms with Gasteiger partial charge in [-0.3, -0.25) is 4.98 Å². The smallest absolute Gasteiger partial charge is 0.142 e. The van der Waals surface area contributed by atoms with Crippen LogP contribution in [0.25, 0.3) is 0 Å². The van der Waals surface area contributed by atoms with E-state index in [1.165, 1.54) is 0 Å². The highest BCUT2D eigenvalue weighted by atomic mass is 16.5. The van der Waals surface area contributed by atoms with Crippen LogP contribution in [0.15, 0.2) is 48.8 Å². The summed E-state index contributed by atoms with van der Waals surface area (Å²) in [6.45, 7) is 0.421. The third kappa shape index (κ3) is 4.22. The van der Waals surface area contributed by atoms with Gasteiger partial charge in [0.25, 0.3) is 0 Å². The van der Waals surface area contributed by atoms with Crippen molar-refractivity contribution in [2.45, 2.75) is 12.7 Å². The number of hydrogen-bond acceptors (Lipinski definition) is 5. The normalized spacial score (nSPS) is 11.9. The number of para-hydroxylation sites is 2. The highest BCUT2D eigenvalue weighted by molar-refractivity contribution is 5.56. The molecule has 1 unspecified atom stereocenters. The molecule has 0 saturated heterocycles. The summed E-state index contributed by atoms with van der Waals surface area (Å²) in [6.07, 6.45) is 2.68. The van der Waals surface area contributed by atoms with E-state index < -0.39 is 6.10 Å². The van der Waals surface area contributed by atoms with Crippen LogP contribution in [0.2, 0.25) is 0 Å². The molecule has 1 aromatic carbocycles. The van der Waals surface area contributed by atoms with Gasteiger partial charge in [-0.1, -0.05) is 18.2 Å². The molecule has 5 nitrogen and oxygen atoms in total. The maximum atomic E-state index is 9.36. The van der Waals surface area contributed by atoms with E-state index in [2.05, 4.69) is 10.3 Å². The zero-order valence-corrected chi connectivity index (χ0v) is 11.1. The van der Waals surface area contributed by atoms with Crippen molar-refractivity contribution in [2.75, 3.05) is 18.5 Å². The predicted octanol–water partition coefficient (Wildman–Crippen LogP) is 1.43. The third-order valence-corrected chi connectivity index (χ3v) is 2.74. The molecule has 0 aliphatic rings. The van der Waals surface area contributed by atoms with Crippen LogP contribution in [0.3, 0.4) is 0 Å². The van der Waals surface area contributed by atoms with Gasteiger partial charge in [-0.2, -0.15) is 0 Å². The first kappa shape index (κ1) is 14.3. The van der Waals surface area contributed by atoms with E-state index in [9.17, 15) is 5.11 Å². The number of hydrogen-bond donors (Lipinski definition) is 3. The standard InChI is InChI=1S/C15H18N2O3/c18-10-13(19)9-17-14-5-1-2-6-15(14)20-11-12-4-3-7-16-8-12/h1-8,13,17-19H,9-11H2. The Morgan fingerprint density at radius 2 is 2.05 bits per heavy atom. The van der Waals surface area contributed by atoms with Crippen LogP contribution in [-0.2, 0) is 6.61 Å². The summed E-state index contributed by atoms with van der Waals surface area (Å²) in [5.74, 6) is 0.696. The van der Waals surface area contributed by atoms with Gasteiger partial charge >= 0.3 is 0 Å². The fourth-order valence-corrected chi connectivity index (χ4v) is 1.68. The molecule has 20 heavy (non-hydrogen) atoms. The van der Waals surface area contributed by atoms with Crippen molar-refractivity contribution in [3.05, 3.63) is 54.4 Å². The number of rotatable bonds is 7. The first-order valence-corrected chi connectivity index (χ1v) is 6.43. The molecule has 3 N–H and O–H groups in total. The zero-order valence-electron chi connectivity index (χ0n) is 11.1. The van der Waals surface area contributed by atoms with Crippen LogP contribution in [0.4, 0.5) is 5.69 Å². The second-order valence-electron chi connectivity index (χ2n) is 4.36. The zero-order chi connectivity index (χ0) is 14.2. The van der Waals surface area contributed by atoms with E-state index in [1.54, 1.807) is 12.4 Å². The van der Waals surface area contributed by atoms with Gasteiger partial charge < -0.3 is 20.3 Å². The summed E-state index contributed by atoms with van der Waals surface area (Å²) in [7, 11) is 0. The monoisotopic (exact) mass is 274 g/mol.